The summed E-state index contributed by atoms with van der Waals surface area (Å²) in [5.41, 5.74) is 1.05. The Labute approximate surface area is 159 Å². The number of carbonyl (C=O) groups is 2. The highest BCUT2D eigenvalue weighted by Crippen LogP contribution is 2.28. The standard InChI is InChI=1S/C19H27N3O5/c1-4-27-19(24)21-7-5-20(6-8-21)18(23)17-13-22(17)12-14-9-15(25-2)11-16(10-14)26-3/h9-11,17H,4-8,12-13H2,1-3H3. The molecule has 148 valence electrons. The smallest absolute Gasteiger partial charge is 0.409 e. The molecule has 1 aromatic rings. The average Bonchev–Trinajstić information content (AvgIpc) is 3.46. The van der Waals surface area contributed by atoms with E-state index in [0.29, 0.717) is 39.3 Å². The molecule has 2 heterocycles. The molecule has 8 heteroatoms. The lowest BCUT2D eigenvalue weighted by atomic mass is 10.2. The summed E-state index contributed by atoms with van der Waals surface area (Å²) in [5, 5.41) is 0. The molecule has 2 fully saturated rings. The van der Waals surface area contributed by atoms with Crippen LogP contribution in [0, 0.1) is 0 Å². The second-order valence-electron chi connectivity index (χ2n) is 6.68. The number of nitrogens with zero attached hydrogens (tertiary/aromatic N) is 3. The van der Waals surface area contributed by atoms with Crippen LogP contribution in [0.3, 0.4) is 0 Å². The molecule has 0 radical (unpaired) electrons. The van der Waals surface area contributed by atoms with Gasteiger partial charge in [-0.15, -0.1) is 0 Å². The van der Waals surface area contributed by atoms with Crippen molar-refractivity contribution in [2.24, 2.45) is 0 Å². The van der Waals surface area contributed by atoms with Crippen molar-refractivity contribution >= 4 is 12.0 Å². The van der Waals surface area contributed by atoms with E-state index in [9.17, 15) is 9.59 Å². The van der Waals surface area contributed by atoms with Gasteiger partial charge < -0.3 is 24.0 Å². The van der Waals surface area contributed by atoms with Crippen LogP contribution in [-0.2, 0) is 16.1 Å². The molecule has 27 heavy (non-hydrogen) atoms. The topological polar surface area (TPSA) is 71.3 Å². The van der Waals surface area contributed by atoms with Crippen LogP contribution in [0.15, 0.2) is 18.2 Å². The average molecular weight is 377 g/mol. The molecule has 0 aromatic heterocycles. The third kappa shape index (κ3) is 4.63. The Kier molecular flexibility index (Phi) is 6.05. The van der Waals surface area contributed by atoms with Gasteiger partial charge in [-0.25, -0.2) is 4.79 Å². The molecule has 3 rings (SSSR count). The summed E-state index contributed by atoms with van der Waals surface area (Å²) in [6.07, 6.45) is -0.301. The van der Waals surface area contributed by atoms with Crippen molar-refractivity contribution < 1.29 is 23.8 Å². The fourth-order valence-electron chi connectivity index (χ4n) is 3.31. The molecule has 2 amide bonds. The molecule has 1 aromatic carbocycles. The molecule has 2 saturated heterocycles. The Morgan fingerprint density at radius 3 is 2.15 bits per heavy atom. The number of amides is 2. The Balaban J connectivity index is 1.51. The first-order valence-electron chi connectivity index (χ1n) is 9.22. The number of ether oxygens (including phenoxy) is 3. The van der Waals surface area contributed by atoms with Crippen molar-refractivity contribution in [1.29, 1.82) is 0 Å². The third-order valence-electron chi connectivity index (χ3n) is 4.91. The minimum absolute atomic E-state index is 0.0867. The van der Waals surface area contributed by atoms with Crippen molar-refractivity contribution in [2.45, 2.75) is 19.5 Å². The number of hydrogen-bond acceptors (Lipinski definition) is 6. The lowest BCUT2D eigenvalue weighted by molar-refractivity contribution is -0.133. The summed E-state index contributed by atoms with van der Waals surface area (Å²) < 4.78 is 15.6. The summed E-state index contributed by atoms with van der Waals surface area (Å²) >= 11 is 0. The Morgan fingerprint density at radius 1 is 1.00 bits per heavy atom. The van der Waals surface area contributed by atoms with Gasteiger partial charge in [0, 0.05) is 45.3 Å². The van der Waals surface area contributed by atoms with Crippen molar-refractivity contribution in [3.8, 4) is 11.5 Å². The maximum absolute atomic E-state index is 12.7. The highest BCUT2D eigenvalue weighted by atomic mass is 16.6. The predicted octanol–water partition coefficient (Wildman–Crippen LogP) is 1.19. The second kappa shape index (κ2) is 8.47. The quantitative estimate of drug-likeness (QED) is 0.694. The monoisotopic (exact) mass is 377 g/mol. The fraction of sp³-hybridized carbons (Fsp3) is 0.579. The minimum Gasteiger partial charge on any atom is -0.497 e. The first-order valence-corrected chi connectivity index (χ1v) is 9.22. The van der Waals surface area contributed by atoms with E-state index in [0.717, 1.165) is 23.6 Å². The van der Waals surface area contributed by atoms with Gasteiger partial charge in [-0.3, -0.25) is 9.69 Å². The Morgan fingerprint density at radius 2 is 1.59 bits per heavy atom. The molecular formula is C19H27N3O5. The molecule has 0 aliphatic carbocycles. The van der Waals surface area contributed by atoms with E-state index in [1.807, 2.05) is 23.1 Å². The molecule has 0 saturated carbocycles. The van der Waals surface area contributed by atoms with E-state index in [-0.39, 0.29) is 18.0 Å². The maximum Gasteiger partial charge on any atom is 0.409 e. The number of carbonyl (C=O) groups excluding carboxylic acids is 2. The molecule has 2 unspecified atom stereocenters. The molecule has 8 nitrogen and oxygen atoms in total. The molecule has 0 bridgehead atoms. The van der Waals surface area contributed by atoms with E-state index in [2.05, 4.69) is 4.90 Å². The predicted molar refractivity (Wildman–Crippen MR) is 98.9 cm³/mol. The molecule has 0 spiro atoms. The number of benzene rings is 1. The molecule has 2 aliphatic heterocycles. The summed E-state index contributed by atoms with van der Waals surface area (Å²) in [6.45, 7) is 5.71. The highest BCUT2D eigenvalue weighted by molar-refractivity contribution is 5.85. The number of hydrogen-bond donors (Lipinski definition) is 0. The van der Waals surface area contributed by atoms with Crippen molar-refractivity contribution in [3.05, 3.63) is 23.8 Å². The van der Waals surface area contributed by atoms with Gasteiger partial charge in [-0.05, 0) is 24.6 Å². The normalized spacial score (nSPS) is 21.6. The molecule has 0 N–H and O–H groups in total. The largest absolute Gasteiger partial charge is 0.497 e. The van der Waals surface area contributed by atoms with Crippen LogP contribution < -0.4 is 9.47 Å². The molecule has 2 aliphatic rings. The second-order valence-corrected chi connectivity index (χ2v) is 6.68. The van der Waals surface area contributed by atoms with Crippen LogP contribution in [0.1, 0.15) is 12.5 Å². The van der Waals surface area contributed by atoms with E-state index in [4.69, 9.17) is 14.2 Å². The Hall–Kier alpha value is -2.48. The van der Waals surface area contributed by atoms with Gasteiger partial charge >= 0.3 is 6.09 Å². The fourth-order valence-corrected chi connectivity index (χ4v) is 3.31. The zero-order valence-electron chi connectivity index (χ0n) is 16.1. The van der Waals surface area contributed by atoms with Gasteiger partial charge in [-0.2, -0.15) is 0 Å². The van der Waals surface area contributed by atoms with Crippen LogP contribution in [0.25, 0.3) is 0 Å². The summed E-state index contributed by atoms with van der Waals surface area (Å²) in [4.78, 5) is 30.1. The SMILES string of the molecule is CCOC(=O)N1CCN(C(=O)C2CN2Cc2cc(OC)cc(OC)c2)CC1. The van der Waals surface area contributed by atoms with Crippen LogP contribution >= 0.6 is 0 Å². The van der Waals surface area contributed by atoms with E-state index in [1.165, 1.54) is 0 Å². The lowest BCUT2D eigenvalue weighted by Crippen LogP contribution is -2.52. The lowest BCUT2D eigenvalue weighted by Gasteiger charge is -2.34. The minimum atomic E-state index is -0.301. The maximum atomic E-state index is 12.7. The van der Waals surface area contributed by atoms with E-state index in [1.54, 1.807) is 26.0 Å². The zero-order valence-corrected chi connectivity index (χ0v) is 16.1. The zero-order chi connectivity index (χ0) is 19.4. The van der Waals surface area contributed by atoms with Gasteiger partial charge in [0.15, 0.2) is 0 Å². The van der Waals surface area contributed by atoms with Crippen molar-refractivity contribution in [2.75, 3.05) is 53.6 Å². The Bertz CT molecular complexity index is 666. The van der Waals surface area contributed by atoms with Gasteiger partial charge in [0.05, 0.1) is 20.8 Å². The molecular weight excluding hydrogens is 350 g/mol. The van der Waals surface area contributed by atoms with Crippen LogP contribution in [0.5, 0.6) is 11.5 Å². The van der Waals surface area contributed by atoms with Gasteiger partial charge in [0.25, 0.3) is 0 Å². The van der Waals surface area contributed by atoms with Gasteiger partial charge in [0.2, 0.25) is 5.91 Å². The van der Waals surface area contributed by atoms with Gasteiger partial charge in [-0.1, -0.05) is 0 Å². The first-order chi connectivity index (χ1) is 13.0. The summed E-state index contributed by atoms with van der Waals surface area (Å²) in [6, 6.07) is 5.66. The first kappa shape index (κ1) is 19.3. The highest BCUT2D eigenvalue weighted by Gasteiger charge is 2.43. The number of piperazine rings is 1. The van der Waals surface area contributed by atoms with Gasteiger partial charge in [0.1, 0.15) is 17.5 Å². The van der Waals surface area contributed by atoms with Crippen molar-refractivity contribution in [3.63, 3.8) is 0 Å². The number of methoxy groups -OCH3 is 2. The van der Waals surface area contributed by atoms with Crippen molar-refractivity contribution in [1.82, 2.24) is 14.7 Å². The van der Waals surface area contributed by atoms with E-state index >= 15 is 0 Å². The number of rotatable bonds is 6. The third-order valence-corrected chi connectivity index (χ3v) is 4.91. The summed E-state index contributed by atoms with van der Waals surface area (Å²) in [7, 11) is 3.25. The summed E-state index contributed by atoms with van der Waals surface area (Å²) in [5.74, 6) is 1.61. The molecule has 2 atom stereocenters. The van der Waals surface area contributed by atoms with Crippen LogP contribution in [0.4, 0.5) is 4.79 Å². The van der Waals surface area contributed by atoms with Crippen LogP contribution in [0.2, 0.25) is 0 Å². The van der Waals surface area contributed by atoms with Crippen LogP contribution in [-0.4, -0.2) is 86.3 Å². The van der Waals surface area contributed by atoms with E-state index < -0.39 is 0 Å².